The number of phenols is 2. The molecule has 8 heteroatoms. The average molecular weight is 761 g/mol. The number of carbonyl (C=O) groups excluding carboxylic acids is 1. The summed E-state index contributed by atoms with van der Waals surface area (Å²) in [6.45, 7) is 7.67. The molecule has 4 aliphatic rings. The zero-order valence-electron chi connectivity index (χ0n) is 33.0. The molecular formula is C48H60N2O6. The van der Waals surface area contributed by atoms with E-state index in [4.69, 9.17) is 0 Å². The van der Waals surface area contributed by atoms with Crippen LogP contribution >= 0.6 is 0 Å². The molecule has 8 nitrogen and oxygen atoms in total. The van der Waals surface area contributed by atoms with Gasteiger partial charge >= 0.3 is 0 Å². The third kappa shape index (κ3) is 9.55. The van der Waals surface area contributed by atoms with E-state index in [-0.39, 0.29) is 29.4 Å². The summed E-state index contributed by atoms with van der Waals surface area (Å²) in [4.78, 5) is 17.4. The molecule has 5 unspecified atom stereocenters. The van der Waals surface area contributed by atoms with Crippen molar-refractivity contribution in [1.82, 2.24) is 9.80 Å². The first-order chi connectivity index (χ1) is 26.9. The summed E-state index contributed by atoms with van der Waals surface area (Å²) in [5.74, 6) is 2.44. The minimum absolute atomic E-state index is 0.0209. The summed E-state index contributed by atoms with van der Waals surface area (Å²) in [6, 6.07) is 33.9. The lowest BCUT2D eigenvalue weighted by molar-refractivity contribution is 0.0180. The Morgan fingerprint density at radius 2 is 1.00 bits per heavy atom. The topological polar surface area (TPSA) is 125 Å². The Morgan fingerprint density at radius 3 is 1.43 bits per heavy atom. The maximum absolute atomic E-state index is 12.8. The predicted molar refractivity (Wildman–Crippen MR) is 219 cm³/mol. The van der Waals surface area contributed by atoms with Crippen LogP contribution in [0.3, 0.4) is 0 Å². The van der Waals surface area contributed by atoms with Gasteiger partial charge in [-0.25, -0.2) is 0 Å². The van der Waals surface area contributed by atoms with Crippen molar-refractivity contribution >= 4 is 5.78 Å². The van der Waals surface area contributed by atoms with Crippen molar-refractivity contribution in [2.75, 3.05) is 26.2 Å². The zero-order chi connectivity index (χ0) is 39.5. The van der Waals surface area contributed by atoms with Gasteiger partial charge in [-0.2, -0.15) is 0 Å². The minimum Gasteiger partial charge on any atom is -0.508 e. The van der Waals surface area contributed by atoms with Gasteiger partial charge in [0.15, 0.2) is 5.78 Å². The first kappa shape index (κ1) is 40.2. The molecule has 9 atom stereocenters. The van der Waals surface area contributed by atoms with Crippen molar-refractivity contribution in [2.24, 2.45) is 23.7 Å². The lowest BCUT2D eigenvalue weighted by Gasteiger charge is -2.31. The first-order valence-corrected chi connectivity index (χ1v) is 20.7. The van der Waals surface area contributed by atoms with Crippen LogP contribution in [0, 0.1) is 23.7 Å². The Balaban J connectivity index is 0.000000172. The van der Waals surface area contributed by atoms with Gasteiger partial charge in [-0.05, 0) is 142 Å². The summed E-state index contributed by atoms with van der Waals surface area (Å²) in [5, 5.41) is 51.8. The van der Waals surface area contributed by atoms with Crippen LogP contribution in [0.15, 0.2) is 109 Å². The number of aromatic hydroxyl groups is 2. The minimum atomic E-state index is -0.573. The van der Waals surface area contributed by atoms with Crippen molar-refractivity contribution in [3.63, 3.8) is 0 Å². The highest BCUT2D eigenvalue weighted by atomic mass is 16.3. The SMILES string of the molecule is CC(C(=O)c1ccc(O)cc1)N1C[C@@H]2CC(O)(CCc3ccccc3)C[C@@H]2C1.CC(C(O)c1ccc(O)cc1)N1C[C@@H]2CC(O)(CCc3ccccc3)C[C@@H]2C1. The second-order valence-corrected chi connectivity index (χ2v) is 17.5. The summed E-state index contributed by atoms with van der Waals surface area (Å²) in [6.07, 6.45) is 6.30. The average Bonchev–Trinajstić information content (AvgIpc) is 3.95. The number of hydrogen-bond acceptors (Lipinski definition) is 8. The van der Waals surface area contributed by atoms with E-state index in [1.54, 1.807) is 48.5 Å². The molecule has 298 valence electrons. The number of carbonyl (C=O) groups is 1. The molecule has 0 aromatic heterocycles. The van der Waals surface area contributed by atoms with Gasteiger partial charge in [0, 0.05) is 37.8 Å². The molecule has 0 amide bonds. The Morgan fingerprint density at radius 1 is 0.607 bits per heavy atom. The van der Waals surface area contributed by atoms with E-state index in [1.807, 2.05) is 31.2 Å². The van der Waals surface area contributed by atoms with E-state index in [0.29, 0.717) is 29.2 Å². The highest BCUT2D eigenvalue weighted by Crippen LogP contribution is 2.48. The molecule has 0 radical (unpaired) electrons. The number of hydrogen-bond donors (Lipinski definition) is 5. The molecule has 2 aliphatic carbocycles. The Bertz CT molecular complexity index is 1840. The lowest BCUT2D eigenvalue weighted by Crippen LogP contribution is -2.39. The molecule has 0 spiro atoms. The molecule has 2 aliphatic heterocycles. The second-order valence-electron chi connectivity index (χ2n) is 17.5. The van der Waals surface area contributed by atoms with Gasteiger partial charge in [-0.15, -0.1) is 0 Å². The van der Waals surface area contributed by atoms with E-state index < -0.39 is 17.3 Å². The summed E-state index contributed by atoms with van der Waals surface area (Å²) in [7, 11) is 0. The van der Waals surface area contributed by atoms with Gasteiger partial charge in [0.25, 0.3) is 0 Å². The van der Waals surface area contributed by atoms with E-state index in [1.165, 1.54) is 11.1 Å². The van der Waals surface area contributed by atoms with E-state index in [9.17, 15) is 30.3 Å². The Labute approximate surface area is 332 Å². The number of ketones is 1. The third-order valence-electron chi connectivity index (χ3n) is 13.6. The fraction of sp³-hybridized carbons (Fsp3) is 0.479. The molecule has 0 bridgehead atoms. The lowest BCUT2D eigenvalue weighted by atomic mass is 9.91. The third-order valence-corrected chi connectivity index (χ3v) is 13.6. The number of aliphatic hydroxyl groups excluding tert-OH is 1. The molecule has 4 aromatic rings. The predicted octanol–water partition coefficient (Wildman–Crippen LogP) is 7.19. The number of fused-ring (bicyclic) bond motifs is 2. The van der Waals surface area contributed by atoms with Gasteiger partial charge in [0.1, 0.15) is 11.5 Å². The maximum atomic E-state index is 12.8. The number of nitrogens with zero attached hydrogens (tertiary/aromatic N) is 2. The van der Waals surface area contributed by atoms with Gasteiger partial charge in [-0.1, -0.05) is 72.8 Å². The van der Waals surface area contributed by atoms with Gasteiger partial charge in [0.05, 0.1) is 23.3 Å². The van der Waals surface area contributed by atoms with Crippen molar-refractivity contribution < 1.29 is 30.3 Å². The molecular weight excluding hydrogens is 701 g/mol. The highest BCUT2D eigenvalue weighted by Gasteiger charge is 2.50. The number of likely N-dealkylation sites (tertiary alicyclic amines) is 2. The Kier molecular flexibility index (Phi) is 12.3. The first-order valence-electron chi connectivity index (χ1n) is 20.7. The molecule has 5 N–H and O–H groups in total. The van der Waals surface area contributed by atoms with Crippen LogP contribution in [0.1, 0.15) is 85.5 Å². The van der Waals surface area contributed by atoms with Crippen LogP contribution in [-0.2, 0) is 12.8 Å². The van der Waals surface area contributed by atoms with Crippen LogP contribution < -0.4 is 0 Å². The Hall–Kier alpha value is -4.05. The van der Waals surface area contributed by atoms with E-state index in [2.05, 4.69) is 53.1 Å². The fourth-order valence-corrected chi connectivity index (χ4v) is 10.3. The quantitative estimate of drug-likeness (QED) is 0.0963. The number of aryl methyl sites for hydroxylation is 2. The zero-order valence-corrected chi connectivity index (χ0v) is 33.0. The molecule has 2 heterocycles. The van der Waals surface area contributed by atoms with Crippen LogP contribution in [-0.4, -0.2) is 90.6 Å². The molecule has 4 fully saturated rings. The van der Waals surface area contributed by atoms with Crippen LogP contribution in [0.25, 0.3) is 0 Å². The van der Waals surface area contributed by atoms with Crippen LogP contribution in [0.4, 0.5) is 0 Å². The van der Waals surface area contributed by atoms with Crippen molar-refractivity contribution in [1.29, 1.82) is 0 Å². The molecule has 8 rings (SSSR count). The summed E-state index contributed by atoms with van der Waals surface area (Å²) >= 11 is 0. The van der Waals surface area contributed by atoms with Crippen molar-refractivity contribution in [3.05, 3.63) is 131 Å². The molecule has 2 saturated heterocycles. The molecule has 4 aromatic carbocycles. The maximum Gasteiger partial charge on any atom is 0.179 e. The number of Topliss-reactive ketones (excluding diaryl/α,β-unsaturated/α-hetero) is 1. The van der Waals surface area contributed by atoms with Crippen LogP contribution in [0.5, 0.6) is 11.5 Å². The van der Waals surface area contributed by atoms with Gasteiger partial charge in [0.2, 0.25) is 0 Å². The summed E-state index contributed by atoms with van der Waals surface area (Å²) < 4.78 is 0. The van der Waals surface area contributed by atoms with Gasteiger partial charge < -0.3 is 25.5 Å². The highest BCUT2D eigenvalue weighted by molar-refractivity contribution is 6.00. The summed E-state index contributed by atoms with van der Waals surface area (Å²) in [5.41, 5.74) is 2.93. The fourth-order valence-electron chi connectivity index (χ4n) is 10.3. The van der Waals surface area contributed by atoms with Crippen molar-refractivity contribution in [2.45, 2.75) is 94.6 Å². The number of benzene rings is 4. The normalized spacial score (nSPS) is 28.9. The number of rotatable bonds is 12. The van der Waals surface area contributed by atoms with Crippen LogP contribution in [0.2, 0.25) is 0 Å². The molecule has 2 saturated carbocycles. The number of phenolic OH excluding ortho intramolecular Hbond substituents is 2. The smallest absolute Gasteiger partial charge is 0.179 e. The monoisotopic (exact) mass is 760 g/mol. The van der Waals surface area contributed by atoms with E-state index >= 15 is 0 Å². The van der Waals surface area contributed by atoms with Gasteiger partial charge in [-0.3, -0.25) is 14.6 Å². The molecule has 56 heavy (non-hydrogen) atoms. The largest absolute Gasteiger partial charge is 0.508 e. The number of aliphatic hydroxyl groups is 3. The second kappa shape index (κ2) is 17.2. The standard InChI is InChI=1S/C24H31NO3.C24H29NO3/c2*1-17(23(27)19-7-9-22(26)10-8-19)25-15-20-13-24(28,14-21(20)16-25)12-11-18-5-3-2-4-6-18/h2-10,17,20-21,23,26-28H,11-16H2,1H3;2-10,17,20-21,26,28H,11-16H2,1H3/t17?,20-,21+,23?,24?;17?,20-,21+,24?. The van der Waals surface area contributed by atoms with E-state index in [0.717, 1.165) is 83.1 Å². The van der Waals surface area contributed by atoms with Crippen molar-refractivity contribution in [3.8, 4) is 11.5 Å².